The molecule has 5 heteroatoms. The molecule has 6 aromatic carbocycles. The largest absolute Gasteiger partial charge is 0.495 e. The third kappa shape index (κ3) is 6.72. The van der Waals surface area contributed by atoms with Crippen molar-refractivity contribution in [1.29, 1.82) is 0 Å². The molecule has 0 aliphatic heterocycles. The summed E-state index contributed by atoms with van der Waals surface area (Å²) < 4.78 is 0. The summed E-state index contributed by atoms with van der Waals surface area (Å²) in [6, 6.07) is 64.7. The van der Waals surface area contributed by atoms with Crippen molar-refractivity contribution < 1.29 is 29.7 Å². The average Bonchev–Trinajstić information content (AvgIpc) is 3.09. The van der Waals surface area contributed by atoms with Gasteiger partial charge < -0.3 is 9.59 Å². The predicted octanol–water partition coefficient (Wildman–Crippen LogP) is 6.09. The molecule has 0 aromatic heterocycles. The summed E-state index contributed by atoms with van der Waals surface area (Å²) in [4.78, 5) is 24.3. The second kappa shape index (κ2) is 15.6. The number of hydrogen-bond acceptors (Lipinski definition) is 2. The van der Waals surface area contributed by atoms with E-state index in [9.17, 15) is 9.59 Å². The molecule has 43 heavy (non-hydrogen) atoms. The molecule has 2 nitrogen and oxygen atoms in total. The summed E-state index contributed by atoms with van der Waals surface area (Å²) in [5.74, 6) is 0. The first kappa shape index (κ1) is 32.1. The molecule has 0 bridgehead atoms. The van der Waals surface area contributed by atoms with Crippen LogP contribution in [0.25, 0.3) is 0 Å². The van der Waals surface area contributed by atoms with Gasteiger partial charge in [-0.05, 0) is 72.8 Å². The summed E-state index contributed by atoms with van der Waals surface area (Å²) in [7, 11) is -4.68. The Bertz CT molecular complexity index is 1360. The molecule has 0 N–H and O–H groups in total. The molecular formula is C38H30IrO2P2. The van der Waals surface area contributed by atoms with Crippen LogP contribution in [0.15, 0.2) is 182 Å². The predicted molar refractivity (Wildman–Crippen MR) is 182 cm³/mol. The van der Waals surface area contributed by atoms with Gasteiger partial charge in [-0.25, -0.2) is 0 Å². The van der Waals surface area contributed by atoms with Gasteiger partial charge in [-0.2, -0.15) is 0 Å². The van der Waals surface area contributed by atoms with Crippen LogP contribution in [0, 0.1) is 0 Å². The third-order valence-corrected chi connectivity index (χ3v) is 14.1. The zero-order chi connectivity index (χ0) is 29.1. The van der Waals surface area contributed by atoms with Gasteiger partial charge in [0.25, 0.3) is 0 Å². The molecule has 0 atom stereocenters. The summed E-state index contributed by atoms with van der Waals surface area (Å²) in [6.45, 7) is 0. The third-order valence-electron chi connectivity index (χ3n) is 7.13. The molecule has 6 aromatic rings. The molecule has 1 radical (unpaired) electrons. The maximum atomic E-state index is 12.2. The minimum Gasteiger partial charge on any atom is -0.495 e. The van der Waals surface area contributed by atoms with Crippen molar-refractivity contribution in [3.05, 3.63) is 182 Å². The van der Waals surface area contributed by atoms with Crippen LogP contribution in [0.5, 0.6) is 0 Å². The number of carbonyl (C=O) groups excluding carboxylic acids is 2. The molecule has 0 saturated carbocycles. The average molecular weight is 773 g/mol. The van der Waals surface area contributed by atoms with E-state index in [-0.39, 0.29) is 20.1 Å². The molecule has 0 amide bonds. The van der Waals surface area contributed by atoms with E-state index in [2.05, 4.69) is 12.1 Å². The zero-order valence-electron chi connectivity index (χ0n) is 23.4. The van der Waals surface area contributed by atoms with E-state index in [1.54, 1.807) is 0 Å². The van der Waals surface area contributed by atoms with Gasteiger partial charge >= 0.3 is 0 Å². The number of benzene rings is 6. The van der Waals surface area contributed by atoms with Crippen LogP contribution >= 0.6 is 14.5 Å². The minimum atomic E-state index is -2.34. The monoisotopic (exact) mass is 773 g/mol. The molecule has 213 valence electrons. The van der Waals surface area contributed by atoms with Crippen LogP contribution in [0.3, 0.4) is 0 Å². The molecule has 0 aliphatic carbocycles. The standard InChI is InChI=1S/2C19H15OP.Ir/c2*20-16-21(17-10-4-1-5-11-17,18-12-6-2-7-13-18)19-14-8-3-9-15-19;/h2*1-15H;. The molecule has 0 aliphatic rings. The Morgan fingerprint density at radius 3 is 0.535 bits per heavy atom. The number of rotatable bonds is 8. The van der Waals surface area contributed by atoms with Gasteiger partial charge in [0.2, 0.25) is 0 Å². The van der Waals surface area contributed by atoms with Crippen molar-refractivity contribution in [3.63, 3.8) is 0 Å². The van der Waals surface area contributed by atoms with E-state index in [1.807, 2.05) is 182 Å². The molecule has 6 rings (SSSR count). The summed E-state index contributed by atoms with van der Waals surface area (Å²) in [6.07, 6.45) is 0. The molecule has 0 fully saturated rings. The van der Waals surface area contributed by atoms with E-state index in [0.29, 0.717) is 0 Å². The Labute approximate surface area is 268 Å². The normalized spacial score (nSPS) is 10.8. The van der Waals surface area contributed by atoms with Gasteiger partial charge in [0.1, 0.15) is 0 Å². The van der Waals surface area contributed by atoms with E-state index in [0.717, 1.165) is 31.8 Å². The van der Waals surface area contributed by atoms with Crippen LogP contribution in [-0.4, -0.2) is 12.1 Å². The Balaban J connectivity index is 0.000000192. The Kier molecular flexibility index (Phi) is 11.6. The van der Waals surface area contributed by atoms with Crippen molar-refractivity contribution in [1.82, 2.24) is 0 Å². The molecule has 0 saturated heterocycles. The molecule has 0 unspecified atom stereocenters. The van der Waals surface area contributed by atoms with Gasteiger partial charge in [-0.1, -0.05) is 121 Å². The van der Waals surface area contributed by atoms with Crippen LogP contribution in [0.1, 0.15) is 0 Å². The van der Waals surface area contributed by atoms with Crippen molar-refractivity contribution in [2.24, 2.45) is 0 Å². The topological polar surface area (TPSA) is 34.1 Å². The first-order chi connectivity index (χ1) is 20.8. The smallest absolute Gasteiger partial charge is 0.0795 e. The van der Waals surface area contributed by atoms with Gasteiger partial charge in [0.05, 0.1) is 31.8 Å². The van der Waals surface area contributed by atoms with E-state index in [4.69, 9.17) is 0 Å². The first-order valence-corrected chi connectivity index (χ1v) is 17.2. The van der Waals surface area contributed by atoms with Crippen molar-refractivity contribution in [2.45, 2.75) is 0 Å². The van der Waals surface area contributed by atoms with Gasteiger partial charge in [0.15, 0.2) is 0 Å². The quantitative estimate of drug-likeness (QED) is 0.139. The van der Waals surface area contributed by atoms with E-state index in [1.165, 1.54) is 0 Å². The summed E-state index contributed by atoms with van der Waals surface area (Å²) in [5.41, 5.74) is 0. The minimum absolute atomic E-state index is 0. The van der Waals surface area contributed by atoms with Gasteiger partial charge in [-0.15, -0.1) is 0 Å². The van der Waals surface area contributed by atoms with Crippen LogP contribution < -0.4 is 31.8 Å². The van der Waals surface area contributed by atoms with Crippen LogP contribution in [0.2, 0.25) is 0 Å². The first-order valence-electron chi connectivity index (χ1n) is 13.7. The summed E-state index contributed by atoms with van der Waals surface area (Å²) >= 11 is 0. The van der Waals surface area contributed by atoms with Crippen molar-refractivity contribution >= 4 is 58.4 Å². The van der Waals surface area contributed by atoms with Gasteiger partial charge in [0, 0.05) is 34.6 Å². The summed E-state index contributed by atoms with van der Waals surface area (Å²) in [5, 5.41) is 6.24. The van der Waals surface area contributed by atoms with Crippen LogP contribution in [0.4, 0.5) is 0 Å². The Hall–Kier alpha value is -3.83. The fourth-order valence-corrected chi connectivity index (χ4v) is 11.3. The maximum absolute atomic E-state index is 12.2. The molecule has 0 spiro atoms. The fraction of sp³-hybridized carbons (Fsp3) is 0. The van der Waals surface area contributed by atoms with Gasteiger partial charge in [-0.3, -0.25) is 0 Å². The molecule has 0 heterocycles. The second-order valence-corrected chi connectivity index (χ2v) is 15.7. The Morgan fingerprint density at radius 2 is 0.419 bits per heavy atom. The number of hydrogen-bond donors (Lipinski definition) is 0. The zero-order valence-corrected chi connectivity index (χ0v) is 27.5. The second-order valence-electron chi connectivity index (χ2n) is 9.54. The van der Waals surface area contributed by atoms with Crippen molar-refractivity contribution in [2.75, 3.05) is 0 Å². The Morgan fingerprint density at radius 1 is 0.279 bits per heavy atom. The maximum Gasteiger partial charge on any atom is 0.0795 e. The fourth-order valence-electron chi connectivity index (χ4n) is 5.12. The van der Waals surface area contributed by atoms with E-state index >= 15 is 0 Å². The van der Waals surface area contributed by atoms with E-state index < -0.39 is 14.5 Å². The van der Waals surface area contributed by atoms with Crippen LogP contribution in [-0.2, 0) is 29.7 Å². The van der Waals surface area contributed by atoms with Crippen molar-refractivity contribution in [3.8, 4) is 0 Å². The SMILES string of the molecule is O=[C-][P+](c1ccccc1)(c1ccccc1)c1ccccc1.O=[C-][P+](c1ccccc1)(c1ccccc1)c1ccccc1.[Ir]. The molecular weight excluding hydrogens is 743 g/mol.